The van der Waals surface area contributed by atoms with E-state index in [1.165, 1.54) is 12.8 Å². The van der Waals surface area contributed by atoms with Gasteiger partial charge in [0.2, 0.25) is 0 Å². The first-order valence-electron chi connectivity index (χ1n) is 6.75. The summed E-state index contributed by atoms with van der Waals surface area (Å²) in [6.07, 6.45) is 4.07. The van der Waals surface area contributed by atoms with Crippen LogP contribution in [0.25, 0.3) is 0 Å². The third-order valence-electron chi connectivity index (χ3n) is 3.40. The highest BCUT2D eigenvalue weighted by Crippen LogP contribution is 2.17. The van der Waals surface area contributed by atoms with Crippen LogP contribution in [-0.4, -0.2) is 36.1 Å². The number of rotatable bonds is 4. The normalized spacial score (nSPS) is 14.1. The van der Waals surface area contributed by atoms with Crippen molar-refractivity contribution < 1.29 is 4.79 Å². The van der Waals surface area contributed by atoms with E-state index in [2.05, 4.69) is 15.2 Å². The van der Waals surface area contributed by atoms with Gasteiger partial charge in [-0.05, 0) is 38.8 Å². The van der Waals surface area contributed by atoms with Crippen molar-refractivity contribution in [2.24, 2.45) is 5.73 Å². The SMILES string of the molecule is CC(C)(CN)NC(=O)c1ccc(N2CCCC2)nc1.Cl.Cl. The molecule has 21 heavy (non-hydrogen) atoms. The molecule has 0 bridgehead atoms. The maximum absolute atomic E-state index is 12.0. The van der Waals surface area contributed by atoms with Crippen LogP contribution in [0, 0.1) is 0 Å². The number of anilines is 1. The van der Waals surface area contributed by atoms with Crippen LogP contribution in [0.15, 0.2) is 18.3 Å². The molecular formula is C14H24Cl2N4O. The van der Waals surface area contributed by atoms with Crippen LogP contribution in [0.4, 0.5) is 5.82 Å². The number of nitrogens with two attached hydrogens (primary N) is 1. The summed E-state index contributed by atoms with van der Waals surface area (Å²) in [6.45, 7) is 6.31. The second kappa shape index (κ2) is 8.41. The van der Waals surface area contributed by atoms with Gasteiger partial charge >= 0.3 is 0 Å². The van der Waals surface area contributed by atoms with E-state index in [1.807, 2.05) is 26.0 Å². The van der Waals surface area contributed by atoms with Gasteiger partial charge in [-0.15, -0.1) is 24.8 Å². The molecule has 7 heteroatoms. The average Bonchev–Trinajstić information content (AvgIpc) is 2.92. The van der Waals surface area contributed by atoms with E-state index >= 15 is 0 Å². The number of pyridine rings is 1. The predicted molar refractivity (Wildman–Crippen MR) is 90.8 cm³/mol. The van der Waals surface area contributed by atoms with Gasteiger partial charge in [-0.2, -0.15) is 0 Å². The summed E-state index contributed by atoms with van der Waals surface area (Å²) in [7, 11) is 0. The van der Waals surface area contributed by atoms with Crippen LogP contribution in [0.1, 0.15) is 37.0 Å². The van der Waals surface area contributed by atoms with Gasteiger partial charge in [0, 0.05) is 31.4 Å². The van der Waals surface area contributed by atoms with Gasteiger partial charge in [-0.1, -0.05) is 0 Å². The van der Waals surface area contributed by atoms with E-state index in [0.717, 1.165) is 18.9 Å². The zero-order chi connectivity index (χ0) is 13.9. The minimum atomic E-state index is -0.398. The molecule has 1 aromatic rings. The quantitative estimate of drug-likeness (QED) is 0.883. The summed E-state index contributed by atoms with van der Waals surface area (Å²) in [5.41, 5.74) is 5.78. The van der Waals surface area contributed by atoms with Gasteiger partial charge in [-0.25, -0.2) is 4.98 Å². The monoisotopic (exact) mass is 334 g/mol. The number of halogens is 2. The van der Waals surface area contributed by atoms with Gasteiger partial charge in [0.25, 0.3) is 5.91 Å². The molecule has 2 rings (SSSR count). The summed E-state index contributed by atoms with van der Waals surface area (Å²) in [6, 6.07) is 3.73. The van der Waals surface area contributed by atoms with Crippen LogP contribution in [0.3, 0.4) is 0 Å². The summed E-state index contributed by atoms with van der Waals surface area (Å²) in [4.78, 5) is 18.6. The molecule has 1 aliphatic rings. The highest BCUT2D eigenvalue weighted by molar-refractivity contribution is 5.94. The fourth-order valence-electron chi connectivity index (χ4n) is 2.08. The van der Waals surface area contributed by atoms with Gasteiger partial charge in [0.15, 0.2) is 0 Å². The standard InChI is InChI=1S/C14H22N4O.2ClH/c1-14(2,10-15)17-13(19)11-5-6-12(16-9-11)18-7-3-4-8-18;;/h5-6,9H,3-4,7-8,10,15H2,1-2H3,(H,17,19);2*1H. The van der Waals surface area contributed by atoms with Crippen molar-refractivity contribution in [3.05, 3.63) is 23.9 Å². The van der Waals surface area contributed by atoms with E-state index in [-0.39, 0.29) is 30.7 Å². The van der Waals surface area contributed by atoms with Gasteiger partial charge in [0.05, 0.1) is 5.56 Å². The Labute approximate surface area is 138 Å². The molecule has 0 aromatic carbocycles. The van der Waals surface area contributed by atoms with E-state index < -0.39 is 5.54 Å². The maximum atomic E-state index is 12.0. The van der Waals surface area contributed by atoms with Crippen LogP contribution in [0.5, 0.6) is 0 Å². The van der Waals surface area contributed by atoms with Gasteiger partial charge in [0.1, 0.15) is 5.82 Å². The Hall–Kier alpha value is -1.04. The smallest absolute Gasteiger partial charge is 0.253 e. The van der Waals surface area contributed by atoms with Gasteiger partial charge < -0.3 is 16.0 Å². The molecule has 0 radical (unpaired) electrons. The zero-order valence-electron chi connectivity index (χ0n) is 12.5. The number of hydrogen-bond acceptors (Lipinski definition) is 4. The summed E-state index contributed by atoms with van der Waals surface area (Å²) in [5, 5.41) is 2.89. The van der Waals surface area contributed by atoms with E-state index in [4.69, 9.17) is 5.73 Å². The number of nitrogens with one attached hydrogen (secondary N) is 1. The van der Waals surface area contributed by atoms with Crippen LogP contribution in [0.2, 0.25) is 0 Å². The first-order valence-corrected chi connectivity index (χ1v) is 6.75. The second-order valence-electron chi connectivity index (χ2n) is 5.64. The number of carbonyl (C=O) groups is 1. The van der Waals surface area contributed by atoms with E-state index in [9.17, 15) is 4.79 Å². The lowest BCUT2D eigenvalue weighted by Crippen LogP contribution is -2.48. The highest BCUT2D eigenvalue weighted by atomic mass is 35.5. The fourth-order valence-corrected chi connectivity index (χ4v) is 2.08. The van der Waals surface area contributed by atoms with Crippen molar-refractivity contribution in [2.75, 3.05) is 24.5 Å². The molecule has 1 fully saturated rings. The lowest BCUT2D eigenvalue weighted by atomic mass is 10.1. The molecule has 1 aliphatic heterocycles. The summed E-state index contributed by atoms with van der Waals surface area (Å²) in [5.74, 6) is 0.822. The summed E-state index contributed by atoms with van der Waals surface area (Å²) < 4.78 is 0. The fraction of sp³-hybridized carbons (Fsp3) is 0.571. The lowest BCUT2D eigenvalue weighted by molar-refractivity contribution is 0.0915. The Morgan fingerprint density at radius 3 is 2.43 bits per heavy atom. The molecule has 120 valence electrons. The van der Waals surface area contributed by atoms with Crippen molar-refractivity contribution in [1.29, 1.82) is 0 Å². The zero-order valence-corrected chi connectivity index (χ0v) is 14.1. The Morgan fingerprint density at radius 1 is 1.33 bits per heavy atom. The molecule has 0 unspecified atom stereocenters. The van der Waals surface area contributed by atoms with Crippen molar-refractivity contribution in [3.63, 3.8) is 0 Å². The molecule has 0 spiro atoms. The largest absolute Gasteiger partial charge is 0.357 e. The Morgan fingerprint density at radius 2 is 1.95 bits per heavy atom. The number of aromatic nitrogens is 1. The second-order valence-corrected chi connectivity index (χ2v) is 5.64. The van der Waals surface area contributed by atoms with Crippen molar-refractivity contribution >= 4 is 36.5 Å². The first kappa shape index (κ1) is 20.0. The minimum absolute atomic E-state index is 0. The van der Waals surface area contributed by atoms with Gasteiger partial charge in [-0.3, -0.25) is 4.79 Å². The molecule has 0 saturated carbocycles. The number of hydrogen-bond donors (Lipinski definition) is 2. The van der Waals surface area contributed by atoms with Crippen molar-refractivity contribution in [2.45, 2.75) is 32.2 Å². The molecular weight excluding hydrogens is 311 g/mol. The minimum Gasteiger partial charge on any atom is -0.357 e. The highest BCUT2D eigenvalue weighted by Gasteiger charge is 2.20. The van der Waals surface area contributed by atoms with Crippen LogP contribution in [-0.2, 0) is 0 Å². The molecule has 1 aromatic heterocycles. The number of carbonyl (C=O) groups excluding carboxylic acids is 1. The predicted octanol–water partition coefficient (Wildman–Crippen LogP) is 1.99. The number of amides is 1. The molecule has 1 amide bonds. The van der Waals surface area contributed by atoms with Crippen molar-refractivity contribution in [1.82, 2.24) is 10.3 Å². The molecule has 0 atom stereocenters. The molecule has 2 heterocycles. The third kappa shape index (κ3) is 5.34. The molecule has 0 aliphatic carbocycles. The average molecular weight is 335 g/mol. The maximum Gasteiger partial charge on any atom is 0.253 e. The van der Waals surface area contributed by atoms with E-state index in [1.54, 1.807) is 6.20 Å². The Bertz CT molecular complexity index is 445. The Balaban J connectivity index is 0.00000200. The van der Waals surface area contributed by atoms with Crippen LogP contribution < -0.4 is 16.0 Å². The van der Waals surface area contributed by atoms with E-state index in [0.29, 0.717) is 12.1 Å². The topological polar surface area (TPSA) is 71.2 Å². The Kier molecular flexibility index (Phi) is 8.00. The van der Waals surface area contributed by atoms with Crippen LogP contribution >= 0.6 is 24.8 Å². The molecule has 3 N–H and O–H groups in total. The first-order chi connectivity index (χ1) is 9.02. The molecule has 1 saturated heterocycles. The molecule has 5 nitrogen and oxygen atoms in total. The summed E-state index contributed by atoms with van der Waals surface area (Å²) >= 11 is 0. The lowest BCUT2D eigenvalue weighted by Gasteiger charge is -2.24. The third-order valence-corrected chi connectivity index (χ3v) is 3.40. The number of nitrogens with zero attached hydrogens (tertiary/aromatic N) is 2. The van der Waals surface area contributed by atoms with Crippen molar-refractivity contribution in [3.8, 4) is 0 Å².